The standard InChI is InChI=1S/C24H36N2O13.C16H27NO12.C8H11NO2/c1-10(28)26-15-19(16(31)14(9-27)37-23(15)36-3)38-24-18(33)17(32)20(35-2)21(39-24)22(34)25-7-6-11-4-5-12(29)13(30)8-11;1-5(19)17-7-11(8(20)6(4-18)27-15(7)26-3)28-16-10(22)9(21)12(25-2)13(29-16)14(23)24;9-4-3-6-1-2-7(10)8(11)5-6/h4-5,8,14-21,23-24,27,29-33H,6-7,9H2,1-3H3,(H,25,34)(H,26,28);6-13,15-16,18,20-22H,4H2,1-3H3,(H,17,19)(H,23,24);1-2,5,10-11H,3-4,9H2/t14?,15?,16-,17-,18?,19-,20+,21?,23-,24-;6?,7?,8-,9-,10?,11-,12+,13?,15-,16-;/m11./s1. The molecule has 4 fully saturated rings. The van der Waals surface area contributed by atoms with Gasteiger partial charge in [0, 0.05) is 48.8 Å². The second kappa shape index (κ2) is 31.1. The summed E-state index contributed by atoms with van der Waals surface area (Å²) in [5.74, 6) is -3.98. The number of carboxylic acids is 1. The van der Waals surface area contributed by atoms with E-state index in [1.807, 2.05) is 0 Å². The van der Waals surface area contributed by atoms with Gasteiger partial charge in [0.1, 0.15) is 85.3 Å². The van der Waals surface area contributed by atoms with Gasteiger partial charge >= 0.3 is 5.97 Å². The molecule has 2 aromatic rings. The zero-order chi connectivity index (χ0) is 59.0. The summed E-state index contributed by atoms with van der Waals surface area (Å²) in [6.07, 6.45) is -25.4. The van der Waals surface area contributed by atoms with Gasteiger partial charge in [-0.05, 0) is 54.8 Å². The van der Waals surface area contributed by atoms with Gasteiger partial charge in [-0.2, -0.15) is 0 Å². The van der Waals surface area contributed by atoms with Crippen molar-refractivity contribution in [3.63, 3.8) is 0 Å². The van der Waals surface area contributed by atoms with Gasteiger partial charge in [0.25, 0.3) is 5.91 Å². The molecule has 4 heterocycles. The topological polar surface area (TPSA) is 486 Å². The van der Waals surface area contributed by atoms with Crippen molar-refractivity contribution in [2.45, 2.75) is 149 Å². The summed E-state index contributed by atoms with van der Waals surface area (Å²) in [6.45, 7) is 1.80. The van der Waals surface area contributed by atoms with Gasteiger partial charge in [0.2, 0.25) is 11.8 Å². The van der Waals surface area contributed by atoms with Crippen molar-refractivity contribution in [1.29, 1.82) is 0 Å². The van der Waals surface area contributed by atoms with Crippen LogP contribution in [0.25, 0.3) is 0 Å². The number of aromatic hydroxyl groups is 4. The number of aliphatic carboxylic acids is 1. The molecule has 0 saturated carbocycles. The van der Waals surface area contributed by atoms with Crippen LogP contribution in [-0.2, 0) is 79.4 Å². The number of nitrogens with two attached hydrogens (primary N) is 1. The van der Waals surface area contributed by atoms with Gasteiger partial charge in [-0.3, -0.25) is 14.4 Å². The molecule has 31 nitrogen and oxygen atoms in total. The highest BCUT2D eigenvalue weighted by atomic mass is 16.7. The number of aliphatic hydroxyl groups excluding tert-OH is 8. The van der Waals surface area contributed by atoms with Gasteiger partial charge in [0.15, 0.2) is 60.4 Å². The zero-order valence-corrected chi connectivity index (χ0v) is 43.9. The number of amides is 3. The van der Waals surface area contributed by atoms with E-state index in [0.29, 0.717) is 18.5 Å². The lowest BCUT2D eigenvalue weighted by Gasteiger charge is -2.47. The van der Waals surface area contributed by atoms with Crippen LogP contribution in [0, 0.1) is 0 Å². The van der Waals surface area contributed by atoms with Crippen LogP contribution in [0.5, 0.6) is 23.0 Å². The molecule has 0 spiro atoms. The van der Waals surface area contributed by atoms with Crippen LogP contribution in [0.2, 0.25) is 0 Å². The molecule has 79 heavy (non-hydrogen) atoms. The Labute approximate surface area is 452 Å². The molecule has 18 N–H and O–H groups in total. The molecule has 0 aliphatic carbocycles. The fraction of sp³-hybridized carbons (Fsp3) is 0.667. The minimum atomic E-state index is -1.74. The number of nitrogens with one attached hydrogen (secondary N) is 3. The molecule has 0 bridgehead atoms. The number of benzene rings is 2. The van der Waals surface area contributed by atoms with E-state index in [1.54, 1.807) is 12.1 Å². The van der Waals surface area contributed by atoms with Gasteiger partial charge in [-0.15, -0.1) is 0 Å². The SMILES string of the molecule is CO[C@@H]1OC(CO)[C@@H](O)[C@H](O[C@@H]2OC(C(=O)NCCc3ccc(O)c(O)c3)[C@@H](OC)[C@H](O)C2O)C1NC(C)=O.CO[C@@H]1OC(CO)[C@@H](O)[C@H](O[C@@H]2OC(C(=O)O)[C@@H](OC)[C@H](O)C2O)C1NC(C)=O.NCCc1ccc(O)c(O)c1. The third-order valence-electron chi connectivity index (χ3n) is 12.9. The highest BCUT2D eigenvalue weighted by molar-refractivity contribution is 5.81. The quantitative estimate of drug-likeness (QED) is 0.0582. The molecule has 3 amide bonds. The number of phenolic OH excluding ortho intramolecular Hbond substituents is 4. The highest BCUT2D eigenvalue weighted by Gasteiger charge is 2.55. The number of hydrogen-bond acceptors (Lipinski definition) is 27. The lowest BCUT2D eigenvalue weighted by molar-refractivity contribution is -0.339. The summed E-state index contributed by atoms with van der Waals surface area (Å²) in [6, 6.07) is 6.71. The smallest absolute Gasteiger partial charge is 0.335 e. The number of carbonyl (C=O) groups excluding carboxylic acids is 3. The minimum absolute atomic E-state index is 0.0838. The summed E-state index contributed by atoms with van der Waals surface area (Å²) < 4.78 is 53.7. The zero-order valence-electron chi connectivity index (χ0n) is 43.9. The molecule has 20 atom stereocenters. The average molecular weight is 1140 g/mol. The van der Waals surface area contributed by atoms with Crippen molar-refractivity contribution in [2.75, 3.05) is 54.7 Å². The first-order chi connectivity index (χ1) is 37.4. The summed E-state index contributed by atoms with van der Waals surface area (Å²) in [5, 5.41) is 136. The molecule has 0 aromatic heterocycles. The lowest BCUT2D eigenvalue weighted by atomic mass is 9.95. The molecule has 4 saturated heterocycles. The second-order valence-corrected chi connectivity index (χ2v) is 18.3. The van der Waals surface area contributed by atoms with E-state index in [0.717, 1.165) is 12.7 Å². The van der Waals surface area contributed by atoms with Crippen molar-refractivity contribution in [3.05, 3.63) is 47.5 Å². The van der Waals surface area contributed by atoms with Crippen LogP contribution in [-0.4, -0.2) is 268 Å². The lowest BCUT2D eigenvalue weighted by Crippen LogP contribution is -2.68. The van der Waals surface area contributed by atoms with E-state index in [1.165, 1.54) is 59.4 Å². The van der Waals surface area contributed by atoms with Crippen LogP contribution in [0.4, 0.5) is 0 Å². The summed E-state index contributed by atoms with van der Waals surface area (Å²) >= 11 is 0. The molecular formula is C48H74N4O27. The van der Waals surface area contributed by atoms with E-state index in [-0.39, 0.29) is 36.0 Å². The maximum Gasteiger partial charge on any atom is 0.335 e. The van der Waals surface area contributed by atoms with Gasteiger partial charge in [-0.1, -0.05) is 12.1 Å². The van der Waals surface area contributed by atoms with Crippen LogP contribution >= 0.6 is 0 Å². The fourth-order valence-electron chi connectivity index (χ4n) is 8.83. The minimum Gasteiger partial charge on any atom is -0.504 e. The summed E-state index contributed by atoms with van der Waals surface area (Å²) in [4.78, 5) is 47.9. The fourth-order valence-corrected chi connectivity index (χ4v) is 8.83. The Bertz CT molecular complexity index is 2250. The first-order valence-corrected chi connectivity index (χ1v) is 24.5. The van der Waals surface area contributed by atoms with Crippen molar-refractivity contribution in [3.8, 4) is 23.0 Å². The van der Waals surface area contributed by atoms with Crippen molar-refractivity contribution >= 4 is 23.7 Å². The number of aliphatic hydroxyl groups is 8. The molecule has 448 valence electrons. The molecule has 2 aromatic carbocycles. The Hall–Kier alpha value is -5.24. The number of rotatable bonds is 19. The summed E-state index contributed by atoms with van der Waals surface area (Å²) in [7, 11) is 4.91. The molecule has 6 rings (SSSR count). The first kappa shape index (κ1) is 66.3. The second-order valence-electron chi connectivity index (χ2n) is 18.3. The van der Waals surface area contributed by atoms with Gasteiger partial charge < -0.3 is 135 Å². The largest absolute Gasteiger partial charge is 0.504 e. The number of phenols is 4. The molecule has 8 unspecified atom stereocenters. The molecule has 31 heteroatoms. The highest BCUT2D eigenvalue weighted by Crippen LogP contribution is 2.33. The molecular weight excluding hydrogens is 1060 g/mol. The molecule has 4 aliphatic heterocycles. The van der Waals surface area contributed by atoms with Crippen molar-refractivity contribution < 1.29 is 133 Å². The van der Waals surface area contributed by atoms with E-state index < -0.39 is 160 Å². The predicted octanol–water partition coefficient (Wildman–Crippen LogP) is -6.42. The average Bonchev–Trinajstić information content (AvgIpc) is 3.46. The van der Waals surface area contributed by atoms with E-state index in [4.69, 9.17) is 63.3 Å². The Morgan fingerprint density at radius 1 is 0.532 bits per heavy atom. The van der Waals surface area contributed by atoms with E-state index >= 15 is 0 Å². The third-order valence-corrected chi connectivity index (χ3v) is 12.9. The van der Waals surface area contributed by atoms with Crippen LogP contribution in [0.1, 0.15) is 25.0 Å². The number of carboxylic acid groups (broad SMARTS) is 1. The third kappa shape index (κ3) is 17.1. The Kier molecular flexibility index (Phi) is 26.1. The molecule has 0 radical (unpaired) electrons. The van der Waals surface area contributed by atoms with Gasteiger partial charge in [0.05, 0.1) is 13.2 Å². The number of methoxy groups -OCH3 is 4. The number of ether oxygens (including phenoxy) is 10. The number of hydrogen-bond donors (Lipinski definition) is 17. The van der Waals surface area contributed by atoms with E-state index in [9.17, 15) is 75.3 Å². The first-order valence-electron chi connectivity index (χ1n) is 24.5. The maximum absolute atomic E-state index is 13.0. The number of carbonyl (C=O) groups is 4. The van der Waals surface area contributed by atoms with Crippen molar-refractivity contribution in [1.82, 2.24) is 16.0 Å². The Balaban J connectivity index is 0.000000293. The van der Waals surface area contributed by atoms with E-state index in [2.05, 4.69) is 16.0 Å². The monoisotopic (exact) mass is 1140 g/mol. The van der Waals surface area contributed by atoms with Gasteiger partial charge in [-0.25, -0.2) is 4.79 Å². The maximum atomic E-state index is 13.0. The Morgan fingerprint density at radius 2 is 0.937 bits per heavy atom. The van der Waals surface area contributed by atoms with Crippen molar-refractivity contribution in [2.24, 2.45) is 5.73 Å². The van der Waals surface area contributed by atoms with Crippen LogP contribution in [0.3, 0.4) is 0 Å². The predicted molar refractivity (Wildman–Crippen MR) is 262 cm³/mol. The van der Waals surface area contributed by atoms with Crippen LogP contribution in [0.15, 0.2) is 36.4 Å². The molecule has 4 aliphatic rings. The Morgan fingerprint density at radius 3 is 1.29 bits per heavy atom. The summed E-state index contributed by atoms with van der Waals surface area (Å²) in [5.41, 5.74) is 6.86. The normalized spacial score (nSPS) is 34.4. The van der Waals surface area contributed by atoms with Crippen LogP contribution < -0.4 is 21.7 Å².